The van der Waals surface area contributed by atoms with Gasteiger partial charge in [-0.2, -0.15) is 0 Å². The van der Waals surface area contributed by atoms with Crippen LogP contribution < -0.4 is 5.32 Å². The molecule has 1 aliphatic rings. The molecule has 2 aromatic rings. The largest absolute Gasteiger partial charge is 0.352 e. The number of benzene rings is 2. The summed E-state index contributed by atoms with van der Waals surface area (Å²) in [5.41, 5.74) is 1.51. The van der Waals surface area contributed by atoms with Gasteiger partial charge in [0.05, 0.1) is 11.1 Å². The van der Waals surface area contributed by atoms with Crippen molar-refractivity contribution < 1.29 is 19.2 Å². The maximum absolute atomic E-state index is 13.3. The lowest BCUT2D eigenvalue weighted by Crippen LogP contribution is -2.50. The average molecular weight is 484 g/mol. The molecule has 1 atom stereocenters. The van der Waals surface area contributed by atoms with Crippen molar-refractivity contribution in [3.63, 3.8) is 0 Å². The van der Waals surface area contributed by atoms with Crippen LogP contribution in [0.3, 0.4) is 0 Å². The number of rotatable bonds is 10. The zero-order valence-corrected chi connectivity index (χ0v) is 20.5. The molecule has 1 heterocycles. The van der Waals surface area contributed by atoms with Crippen molar-refractivity contribution in [2.75, 3.05) is 6.54 Å². The van der Waals surface area contributed by atoms with Gasteiger partial charge in [-0.1, -0.05) is 48.9 Å². The Kier molecular flexibility index (Phi) is 8.45. The van der Waals surface area contributed by atoms with Crippen LogP contribution in [0.1, 0.15) is 66.3 Å². The molecule has 0 saturated heterocycles. The van der Waals surface area contributed by atoms with Crippen LogP contribution in [0.2, 0.25) is 5.02 Å². The number of nitrogens with one attached hydrogen (secondary N) is 1. The van der Waals surface area contributed by atoms with Gasteiger partial charge in [0.1, 0.15) is 6.04 Å². The molecule has 7 nitrogen and oxygen atoms in total. The first-order chi connectivity index (χ1) is 16.2. The lowest BCUT2D eigenvalue weighted by atomic mass is 10.1. The molecule has 1 N–H and O–H groups in total. The van der Waals surface area contributed by atoms with E-state index in [-0.39, 0.29) is 49.2 Å². The molecule has 0 unspecified atom stereocenters. The molecular weight excluding hydrogens is 454 g/mol. The number of halogens is 1. The number of carbonyl (C=O) groups excluding carboxylic acids is 4. The Balaban J connectivity index is 1.72. The summed E-state index contributed by atoms with van der Waals surface area (Å²) < 4.78 is 0. The lowest BCUT2D eigenvalue weighted by Gasteiger charge is -2.31. The first kappa shape index (κ1) is 25.4. The van der Waals surface area contributed by atoms with Crippen molar-refractivity contribution in [1.82, 2.24) is 15.1 Å². The van der Waals surface area contributed by atoms with Crippen LogP contribution in [0.4, 0.5) is 0 Å². The van der Waals surface area contributed by atoms with E-state index in [1.54, 1.807) is 35.2 Å². The Morgan fingerprint density at radius 1 is 1.00 bits per heavy atom. The summed E-state index contributed by atoms with van der Waals surface area (Å²) in [5, 5.41) is 3.41. The highest BCUT2D eigenvalue weighted by Crippen LogP contribution is 2.24. The van der Waals surface area contributed by atoms with Crippen molar-refractivity contribution in [2.24, 2.45) is 0 Å². The smallest absolute Gasteiger partial charge is 0.261 e. The van der Waals surface area contributed by atoms with Gasteiger partial charge in [0.15, 0.2) is 0 Å². The highest BCUT2D eigenvalue weighted by atomic mass is 35.5. The summed E-state index contributed by atoms with van der Waals surface area (Å²) in [5.74, 6) is -1.15. The number of amides is 4. The van der Waals surface area contributed by atoms with E-state index < -0.39 is 6.04 Å². The predicted molar refractivity (Wildman–Crippen MR) is 130 cm³/mol. The lowest BCUT2D eigenvalue weighted by molar-refractivity contribution is -0.141. The number of nitrogens with zero attached hydrogens (tertiary/aromatic N) is 2. The Morgan fingerprint density at radius 3 is 2.15 bits per heavy atom. The Bertz CT molecular complexity index is 1050. The second-order valence-corrected chi connectivity index (χ2v) is 9.02. The molecule has 4 amide bonds. The second-order valence-electron chi connectivity index (χ2n) is 8.61. The molecule has 0 bridgehead atoms. The highest BCUT2D eigenvalue weighted by Gasteiger charge is 2.35. The molecule has 0 aromatic heterocycles. The predicted octanol–water partition coefficient (Wildman–Crippen LogP) is 4.05. The van der Waals surface area contributed by atoms with Gasteiger partial charge < -0.3 is 10.2 Å². The Labute approximate surface area is 205 Å². The normalized spacial score (nSPS) is 13.7. The summed E-state index contributed by atoms with van der Waals surface area (Å²) in [6.07, 6.45) is 0.821. The minimum atomic E-state index is -0.662. The third-order valence-electron chi connectivity index (χ3n) is 5.77. The first-order valence-corrected chi connectivity index (χ1v) is 11.9. The van der Waals surface area contributed by atoms with Gasteiger partial charge in [0.25, 0.3) is 11.8 Å². The van der Waals surface area contributed by atoms with Crippen molar-refractivity contribution in [3.8, 4) is 0 Å². The van der Waals surface area contributed by atoms with E-state index in [9.17, 15) is 19.2 Å². The molecule has 2 aromatic carbocycles. The van der Waals surface area contributed by atoms with E-state index in [0.717, 1.165) is 5.56 Å². The van der Waals surface area contributed by atoms with Gasteiger partial charge in [-0.3, -0.25) is 24.1 Å². The molecule has 8 heteroatoms. The molecular formula is C26H30ClN3O4. The van der Waals surface area contributed by atoms with Gasteiger partial charge >= 0.3 is 0 Å². The molecule has 3 rings (SSSR count). The minimum Gasteiger partial charge on any atom is -0.352 e. The summed E-state index contributed by atoms with van der Waals surface area (Å²) >= 11 is 6.33. The van der Waals surface area contributed by atoms with Crippen LogP contribution >= 0.6 is 11.6 Å². The third kappa shape index (κ3) is 5.65. The fourth-order valence-electron chi connectivity index (χ4n) is 4.08. The monoisotopic (exact) mass is 483 g/mol. The minimum absolute atomic E-state index is 0.0624. The van der Waals surface area contributed by atoms with Crippen LogP contribution in [-0.2, 0) is 16.1 Å². The number of hydrogen-bond acceptors (Lipinski definition) is 4. The SMILES string of the molecule is CC[C@H](C(=O)NC(C)C)N(Cc1ccccc1Cl)C(=O)CCCN1C(=O)c2ccccc2C1=O. The number of carbonyl (C=O) groups is 4. The molecule has 0 saturated carbocycles. The van der Waals surface area contributed by atoms with E-state index in [4.69, 9.17) is 11.6 Å². The van der Waals surface area contributed by atoms with E-state index >= 15 is 0 Å². The summed E-state index contributed by atoms with van der Waals surface area (Å²) in [6.45, 7) is 5.92. The van der Waals surface area contributed by atoms with Crippen molar-refractivity contribution >= 4 is 35.2 Å². The maximum atomic E-state index is 13.3. The van der Waals surface area contributed by atoms with Crippen molar-refractivity contribution in [1.29, 1.82) is 0 Å². The summed E-state index contributed by atoms with van der Waals surface area (Å²) in [4.78, 5) is 54.1. The molecule has 0 aliphatic carbocycles. The fourth-order valence-corrected chi connectivity index (χ4v) is 4.28. The average Bonchev–Trinajstić information content (AvgIpc) is 3.04. The number of hydrogen-bond donors (Lipinski definition) is 1. The van der Waals surface area contributed by atoms with E-state index in [1.807, 2.05) is 39.0 Å². The molecule has 0 spiro atoms. The molecule has 34 heavy (non-hydrogen) atoms. The van der Waals surface area contributed by atoms with Gasteiger partial charge in [-0.25, -0.2) is 0 Å². The van der Waals surface area contributed by atoms with Crippen LogP contribution in [0.5, 0.6) is 0 Å². The topological polar surface area (TPSA) is 86.8 Å². The zero-order chi connectivity index (χ0) is 24.8. The van der Waals surface area contributed by atoms with E-state index in [0.29, 0.717) is 29.0 Å². The fraction of sp³-hybridized carbons (Fsp3) is 0.385. The third-order valence-corrected chi connectivity index (χ3v) is 6.13. The first-order valence-electron chi connectivity index (χ1n) is 11.5. The van der Waals surface area contributed by atoms with Crippen molar-refractivity contribution in [3.05, 3.63) is 70.2 Å². The van der Waals surface area contributed by atoms with Crippen molar-refractivity contribution in [2.45, 2.75) is 58.7 Å². The van der Waals surface area contributed by atoms with Crippen LogP contribution in [0.15, 0.2) is 48.5 Å². The Hall–Kier alpha value is -3.19. The van der Waals surface area contributed by atoms with E-state index in [1.165, 1.54) is 4.90 Å². The summed E-state index contributed by atoms with van der Waals surface area (Å²) in [6, 6.07) is 13.2. The van der Waals surface area contributed by atoms with Crippen LogP contribution in [0.25, 0.3) is 0 Å². The van der Waals surface area contributed by atoms with Crippen LogP contribution in [-0.4, -0.2) is 52.1 Å². The number of fused-ring (bicyclic) bond motifs is 1. The highest BCUT2D eigenvalue weighted by molar-refractivity contribution is 6.31. The Morgan fingerprint density at radius 2 is 1.59 bits per heavy atom. The molecule has 0 radical (unpaired) electrons. The van der Waals surface area contributed by atoms with Gasteiger partial charge in [-0.15, -0.1) is 0 Å². The second kappa shape index (κ2) is 11.3. The summed E-state index contributed by atoms with van der Waals surface area (Å²) in [7, 11) is 0. The van der Waals surface area contributed by atoms with Gasteiger partial charge in [0.2, 0.25) is 11.8 Å². The maximum Gasteiger partial charge on any atom is 0.261 e. The van der Waals surface area contributed by atoms with Crippen LogP contribution in [0, 0.1) is 0 Å². The van der Waals surface area contributed by atoms with Gasteiger partial charge in [0, 0.05) is 30.6 Å². The number of imide groups is 1. The van der Waals surface area contributed by atoms with Gasteiger partial charge in [-0.05, 0) is 50.5 Å². The quantitative estimate of drug-likeness (QED) is 0.516. The standard InChI is InChI=1S/C26H30ClN3O4/c1-4-22(24(32)28-17(2)3)30(16-18-10-5-8-13-21(18)27)23(31)14-9-15-29-25(33)19-11-6-7-12-20(19)26(29)34/h5-8,10-13,17,22H,4,9,14-16H2,1-3H3,(H,28,32)/t22-/m1/s1. The molecule has 1 aliphatic heterocycles. The zero-order valence-electron chi connectivity index (χ0n) is 19.7. The molecule has 180 valence electrons. The molecule has 0 fully saturated rings. The van der Waals surface area contributed by atoms with E-state index in [2.05, 4.69) is 5.32 Å².